The first-order valence-electron chi connectivity index (χ1n) is 9.32. The van der Waals surface area contributed by atoms with Gasteiger partial charge in [-0.3, -0.25) is 4.90 Å². The van der Waals surface area contributed by atoms with Crippen LogP contribution in [0.1, 0.15) is 39.2 Å². The van der Waals surface area contributed by atoms with E-state index >= 15 is 0 Å². The standard InChI is InChI=1S/C20H28N2O6/c1-20(2,3)28-18(25)21-10-9-15-11-16(17(23)24)22(12-15)19(26)27-13-14-7-5-4-6-8-14/h4-8,15-16H,9-13H2,1-3H3,(H,21,25)(H,23,24)/t15-,16-/m0/s1. The van der Waals surface area contributed by atoms with E-state index in [9.17, 15) is 19.5 Å². The Labute approximate surface area is 164 Å². The number of likely N-dealkylation sites (tertiary alicyclic amines) is 1. The summed E-state index contributed by atoms with van der Waals surface area (Å²) in [6.07, 6.45) is -0.282. The number of hydrogen-bond acceptors (Lipinski definition) is 5. The maximum absolute atomic E-state index is 12.4. The van der Waals surface area contributed by atoms with E-state index in [4.69, 9.17) is 9.47 Å². The van der Waals surface area contributed by atoms with Crippen molar-refractivity contribution in [3.05, 3.63) is 35.9 Å². The number of benzene rings is 1. The summed E-state index contributed by atoms with van der Waals surface area (Å²) in [6, 6.07) is 8.28. The summed E-state index contributed by atoms with van der Waals surface area (Å²) < 4.78 is 10.4. The lowest BCUT2D eigenvalue weighted by Crippen LogP contribution is -2.40. The number of ether oxygens (including phenoxy) is 2. The molecule has 0 aromatic heterocycles. The molecule has 0 bridgehead atoms. The SMILES string of the molecule is CC(C)(C)OC(=O)NCC[C@H]1C[C@@H](C(=O)O)N(C(=O)OCc2ccccc2)C1. The van der Waals surface area contributed by atoms with Gasteiger partial charge in [0.1, 0.15) is 18.2 Å². The zero-order chi connectivity index (χ0) is 20.7. The van der Waals surface area contributed by atoms with Gasteiger partial charge in [-0.15, -0.1) is 0 Å². The zero-order valence-electron chi connectivity index (χ0n) is 16.5. The van der Waals surface area contributed by atoms with Crippen molar-refractivity contribution in [1.29, 1.82) is 0 Å². The second kappa shape index (κ2) is 9.43. The van der Waals surface area contributed by atoms with Crippen LogP contribution < -0.4 is 5.32 Å². The fourth-order valence-electron chi connectivity index (χ4n) is 3.06. The molecule has 2 N–H and O–H groups in total. The third kappa shape index (κ3) is 6.75. The van der Waals surface area contributed by atoms with Crippen molar-refractivity contribution < 1.29 is 29.0 Å². The van der Waals surface area contributed by atoms with E-state index < -0.39 is 29.8 Å². The number of alkyl carbamates (subject to hydrolysis) is 1. The number of carboxylic acids is 1. The van der Waals surface area contributed by atoms with Crippen molar-refractivity contribution >= 4 is 18.2 Å². The van der Waals surface area contributed by atoms with Gasteiger partial charge >= 0.3 is 18.2 Å². The highest BCUT2D eigenvalue weighted by Crippen LogP contribution is 2.27. The molecule has 1 heterocycles. The van der Waals surface area contributed by atoms with Crippen LogP contribution in [0.25, 0.3) is 0 Å². The molecule has 1 aliphatic rings. The molecule has 2 atom stereocenters. The predicted octanol–water partition coefficient (Wildman–Crippen LogP) is 3.01. The molecule has 0 spiro atoms. The molecular weight excluding hydrogens is 364 g/mol. The van der Waals surface area contributed by atoms with Crippen molar-refractivity contribution in [2.45, 2.75) is 51.9 Å². The van der Waals surface area contributed by atoms with Crippen LogP contribution >= 0.6 is 0 Å². The number of carbonyl (C=O) groups excluding carboxylic acids is 2. The van der Waals surface area contributed by atoms with Crippen LogP contribution in [0.3, 0.4) is 0 Å². The van der Waals surface area contributed by atoms with Gasteiger partial charge in [0.15, 0.2) is 0 Å². The molecule has 8 nitrogen and oxygen atoms in total. The smallest absolute Gasteiger partial charge is 0.410 e. The number of aliphatic carboxylic acids is 1. The molecule has 0 unspecified atom stereocenters. The Balaban J connectivity index is 1.83. The number of amides is 2. The van der Waals surface area contributed by atoms with Gasteiger partial charge in [-0.25, -0.2) is 14.4 Å². The van der Waals surface area contributed by atoms with Crippen LogP contribution in [0.4, 0.5) is 9.59 Å². The second-order valence-corrected chi connectivity index (χ2v) is 7.87. The summed E-state index contributed by atoms with van der Waals surface area (Å²) in [5.41, 5.74) is 0.255. The molecule has 28 heavy (non-hydrogen) atoms. The topological polar surface area (TPSA) is 105 Å². The van der Waals surface area contributed by atoms with Gasteiger partial charge in [-0.2, -0.15) is 0 Å². The van der Waals surface area contributed by atoms with Gasteiger partial charge in [-0.05, 0) is 45.1 Å². The Hall–Kier alpha value is -2.77. The van der Waals surface area contributed by atoms with Gasteiger partial charge in [0, 0.05) is 13.1 Å². The third-order valence-electron chi connectivity index (χ3n) is 4.33. The third-order valence-corrected chi connectivity index (χ3v) is 4.33. The predicted molar refractivity (Wildman–Crippen MR) is 102 cm³/mol. The lowest BCUT2D eigenvalue weighted by molar-refractivity contribution is -0.141. The quantitative estimate of drug-likeness (QED) is 0.771. The normalized spacial score (nSPS) is 19.2. The van der Waals surface area contributed by atoms with Gasteiger partial charge in [0.25, 0.3) is 0 Å². The maximum atomic E-state index is 12.4. The molecule has 1 fully saturated rings. The van der Waals surface area contributed by atoms with Crippen LogP contribution in [0.5, 0.6) is 0 Å². The number of nitrogens with one attached hydrogen (secondary N) is 1. The molecule has 0 radical (unpaired) electrons. The second-order valence-electron chi connectivity index (χ2n) is 7.87. The molecule has 2 amide bonds. The maximum Gasteiger partial charge on any atom is 0.410 e. The number of rotatable bonds is 6. The number of hydrogen-bond donors (Lipinski definition) is 2. The molecule has 0 saturated carbocycles. The molecule has 1 aromatic rings. The minimum atomic E-state index is -1.06. The van der Waals surface area contributed by atoms with E-state index in [0.29, 0.717) is 19.4 Å². The Kier molecular flexibility index (Phi) is 7.25. The van der Waals surface area contributed by atoms with E-state index in [0.717, 1.165) is 5.56 Å². The molecule has 8 heteroatoms. The Morgan fingerprint density at radius 1 is 1.21 bits per heavy atom. The van der Waals surface area contributed by atoms with Crippen molar-refractivity contribution in [2.75, 3.05) is 13.1 Å². The van der Waals surface area contributed by atoms with Crippen LogP contribution in [0, 0.1) is 5.92 Å². The summed E-state index contributed by atoms with van der Waals surface area (Å²) in [7, 11) is 0. The molecule has 1 aromatic carbocycles. The Bertz CT molecular complexity index is 686. The Morgan fingerprint density at radius 2 is 1.89 bits per heavy atom. The van der Waals surface area contributed by atoms with Gasteiger partial charge in [0.2, 0.25) is 0 Å². The highest BCUT2D eigenvalue weighted by molar-refractivity contribution is 5.80. The number of carbonyl (C=O) groups is 3. The van der Waals surface area contributed by atoms with Gasteiger partial charge < -0.3 is 19.9 Å². The molecule has 1 aliphatic heterocycles. The van der Waals surface area contributed by atoms with E-state index in [1.165, 1.54) is 4.90 Å². The molecule has 2 rings (SSSR count). The van der Waals surface area contributed by atoms with E-state index in [2.05, 4.69) is 5.32 Å². The van der Waals surface area contributed by atoms with Crippen molar-refractivity contribution in [1.82, 2.24) is 10.2 Å². The van der Waals surface area contributed by atoms with Gasteiger partial charge in [0.05, 0.1) is 0 Å². The first-order valence-corrected chi connectivity index (χ1v) is 9.32. The fraction of sp³-hybridized carbons (Fsp3) is 0.550. The van der Waals surface area contributed by atoms with Gasteiger partial charge in [-0.1, -0.05) is 30.3 Å². The van der Waals surface area contributed by atoms with Crippen molar-refractivity contribution in [3.8, 4) is 0 Å². The molecule has 1 saturated heterocycles. The lowest BCUT2D eigenvalue weighted by atomic mass is 10.0. The zero-order valence-corrected chi connectivity index (χ0v) is 16.5. The van der Waals surface area contributed by atoms with Crippen LogP contribution in [-0.2, 0) is 20.9 Å². The minimum Gasteiger partial charge on any atom is -0.480 e. The van der Waals surface area contributed by atoms with Crippen molar-refractivity contribution in [2.24, 2.45) is 5.92 Å². The average Bonchev–Trinajstić information content (AvgIpc) is 3.03. The highest BCUT2D eigenvalue weighted by Gasteiger charge is 2.40. The van der Waals surface area contributed by atoms with E-state index in [1.54, 1.807) is 20.8 Å². The molecule has 0 aliphatic carbocycles. The summed E-state index contributed by atoms with van der Waals surface area (Å²) in [5.74, 6) is -1.10. The largest absolute Gasteiger partial charge is 0.480 e. The monoisotopic (exact) mass is 392 g/mol. The summed E-state index contributed by atoms with van der Waals surface area (Å²) in [6.45, 7) is 6.05. The molecular formula is C20H28N2O6. The minimum absolute atomic E-state index is 0.0414. The summed E-state index contributed by atoms with van der Waals surface area (Å²) in [4.78, 5) is 36.8. The fourth-order valence-corrected chi connectivity index (χ4v) is 3.06. The summed E-state index contributed by atoms with van der Waals surface area (Å²) >= 11 is 0. The first kappa shape index (κ1) is 21.5. The van der Waals surface area contributed by atoms with Crippen molar-refractivity contribution in [3.63, 3.8) is 0 Å². The highest BCUT2D eigenvalue weighted by atomic mass is 16.6. The first-order chi connectivity index (χ1) is 13.2. The summed E-state index contributed by atoms with van der Waals surface area (Å²) in [5, 5.41) is 12.1. The average molecular weight is 392 g/mol. The van der Waals surface area contributed by atoms with E-state index in [1.807, 2.05) is 30.3 Å². The van der Waals surface area contributed by atoms with Crippen LogP contribution in [-0.4, -0.2) is 52.9 Å². The van der Waals surface area contributed by atoms with Crippen LogP contribution in [0.15, 0.2) is 30.3 Å². The Morgan fingerprint density at radius 3 is 2.50 bits per heavy atom. The van der Waals surface area contributed by atoms with Crippen LogP contribution in [0.2, 0.25) is 0 Å². The number of nitrogens with zero attached hydrogens (tertiary/aromatic N) is 1. The number of carboxylic acid groups (broad SMARTS) is 1. The molecule has 154 valence electrons. The van der Waals surface area contributed by atoms with E-state index in [-0.39, 0.29) is 19.1 Å². The lowest BCUT2D eigenvalue weighted by Gasteiger charge is -2.21.